The van der Waals surface area contributed by atoms with E-state index in [2.05, 4.69) is 5.32 Å². The number of rotatable bonds is 7. The van der Waals surface area contributed by atoms with Gasteiger partial charge in [0, 0.05) is 17.7 Å². The van der Waals surface area contributed by atoms with Crippen molar-refractivity contribution in [3.63, 3.8) is 0 Å². The van der Waals surface area contributed by atoms with Crippen molar-refractivity contribution < 1.29 is 4.92 Å². The Balaban J connectivity index is 2.62. The van der Waals surface area contributed by atoms with Gasteiger partial charge in [0.1, 0.15) is 0 Å². The van der Waals surface area contributed by atoms with Crippen LogP contribution in [0.2, 0.25) is 0 Å². The van der Waals surface area contributed by atoms with E-state index < -0.39 is 0 Å². The van der Waals surface area contributed by atoms with E-state index in [1.807, 2.05) is 13.0 Å². The van der Waals surface area contributed by atoms with Crippen LogP contribution in [0.15, 0.2) is 24.3 Å². The first-order valence-electron chi connectivity index (χ1n) is 5.83. The quantitative estimate of drug-likeness (QED) is 0.431. The molecule has 1 aromatic carbocycles. The molecule has 5 nitrogen and oxygen atoms in total. The van der Waals surface area contributed by atoms with Gasteiger partial charge in [0.2, 0.25) is 0 Å². The van der Waals surface area contributed by atoms with Gasteiger partial charge in [-0.2, -0.15) is 0 Å². The zero-order valence-electron chi connectivity index (χ0n) is 10.1. The van der Waals surface area contributed by atoms with Crippen molar-refractivity contribution in [2.24, 2.45) is 5.73 Å². The molecule has 0 aromatic heterocycles. The minimum atomic E-state index is -0.340. The first-order chi connectivity index (χ1) is 8.16. The van der Waals surface area contributed by atoms with Crippen LogP contribution in [0.3, 0.4) is 0 Å². The van der Waals surface area contributed by atoms with Crippen molar-refractivity contribution in [3.8, 4) is 0 Å². The molecule has 0 saturated heterocycles. The summed E-state index contributed by atoms with van der Waals surface area (Å²) in [4.78, 5) is 10.5. The lowest BCUT2D eigenvalue weighted by Crippen LogP contribution is -2.21. The van der Waals surface area contributed by atoms with Gasteiger partial charge in [0.05, 0.1) is 4.92 Å². The Hall–Kier alpha value is -1.46. The molecule has 1 unspecified atom stereocenters. The van der Waals surface area contributed by atoms with Crippen molar-refractivity contribution in [2.45, 2.75) is 25.8 Å². The van der Waals surface area contributed by atoms with E-state index in [1.165, 1.54) is 6.07 Å². The summed E-state index contributed by atoms with van der Waals surface area (Å²) >= 11 is 0. The molecule has 3 N–H and O–H groups in total. The van der Waals surface area contributed by atoms with Crippen LogP contribution in [0.25, 0.3) is 0 Å². The normalized spacial score (nSPS) is 12.4. The third-order valence-electron chi connectivity index (χ3n) is 2.68. The Kier molecular flexibility index (Phi) is 5.59. The van der Waals surface area contributed by atoms with Crippen LogP contribution >= 0.6 is 0 Å². The molecule has 0 aliphatic rings. The number of nitro benzene ring substituents is 1. The Bertz CT molecular complexity index is 369. The minimum Gasteiger partial charge on any atom is -0.330 e. The monoisotopic (exact) mass is 237 g/mol. The summed E-state index contributed by atoms with van der Waals surface area (Å²) in [5.41, 5.74) is 6.30. The van der Waals surface area contributed by atoms with E-state index in [0.29, 0.717) is 6.54 Å². The van der Waals surface area contributed by atoms with E-state index in [-0.39, 0.29) is 16.7 Å². The van der Waals surface area contributed by atoms with Crippen molar-refractivity contribution >= 4 is 5.69 Å². The summed E-state index contributed by atoms with van der Waals surface area (Å²) in [6.07, 6.45) is 1.96. The number of hydrogen-bond acceptors (Lipinski definition) is 4. The van der Waals surface area contributed by atoms with Gasteiger partial charge in [-0.25, -0.2) is 0 Å². The smallest absolute Gasteiger partial charge is 0.274 e. The van der Waals surface area contributed by atoms with Gasteiger partial charge in [-0.15, -0.1) is 0 Å². The van der Waals surface area contributed by atoms with E-state index in [9.17, 15) is 10.1 Å². The Morgan fingerprint density at radius 3 is 2.76 bits per heavy atom. The zero-order chi connectivity index (χ0) is 12.7. The van der Waals surface area contributed by atoms with Gasteiger partial charge in [-0.3, -0.25) is 10.1 Å². The molecule has 0 saturated carbocycles. The molecular formula is C12H19N3O2. The maximum atomic E-state index is 10.9. The second-order valence-electron chi connectivity index (χ2n) is 3.99. The van der Waals surface area contributed by atoms with Gasteiger partial charge < -0.3 is 11.1 Å². The number of nitro groups is 1. The predicted molar refractivity (Wildman–Crippen MR) is 67.8 cm³/mol. The molecule has 94 valence electrons. The van der Waals surface area contributed by atoms with Crippen LogP contribution in [-0.2, 0) is 0 Å². The number of nitrogens with one attached hydrogen (secondary N) is 1. The maximum absolute atomic E-state index is 10.9. The fraction of sp³-hybridized carbons (Fsp3) is 0.500. The first kappa shape index (κ1) is 13.6. The molecule has 0 spiro atoms. The maximum Gasteiger partial charge on any atom is 0.274 e. The Morgan fingerprint density at radius 2 is 2.12 bits per heavy atom. The third-order valence-corrected chi connectivity index (χ3v) is 2.68. The number of benzene rings is 1. The second kappa shape index (κ2) is 6.98. The van der Waals surface area contributed by atoms with E-state index >= 15 is 0 Å². The van der Waals surface area contributed by atoms with Crippen molar-refractivity contribution in [1.29, 1.82) is 0 Å². The number of para-hydroxylation sites is 1. The number of nitrogens with zero attached hydrogens (tertiary/aromatic N) is 1. The van der Waals surface area contributed by atoms with Crippen LogP contribution in [-0.4, -0.2) is 18.0 Å². The van der Waals surface area contributed by atoms with Gasteiger partial charge in [-0.05, 0) is 32.9 Å². The fourth-order valence-electron chi connectivity index (χ4n) is 1.72. The van der Waals surface area contributed by atoms with Crippen molar-refractivity contribution in [1.82, 2.24) is 5.32 Å². The van der Waals surface area contributed by atoms with Gasteiger partial charge in [-0.1, -0.05) is 18.2 Å². The zero-order valence-corrected chi connectivity index (χ0v) is 10.1. The van der Waals surface area contributed by atoms with Crippen molar-refractivity contribution in [2.75, 3.05) is 13.1 Å². The van der Waals surface area contributed by atoms with E-state index in [4.69, 9.17) is 5.73 Å². The molecule has 0 aliphatic carbocycles. The summed E-state index contributed by atoms with van der Waals surface area (Å²) in [5, 5.41) is 14.1. The molecule has 17 heavy (non-hydrogen) atoms. The first-order valence-corrected chi connectivity index (χ1v) is 5.83. The lowest BCUT2D eigenvalue weighted by molar-refractivity contribution is -0.385. The van der Waals surface area contributed by atoms with Gasteiger partial charge in [0.25, 0.3) is 5.69 Å². The number of nitrogens with two attached hydrogens (primary N) is 1. The van der Waals surface area contributed by atoms with Crippen molar-refractivity contribution in [3.05, 3.63) is 39.9 Å². The Labute approximate surface area is 101 Å². The SMILES string of the molecule is CC(NCCCCN)c1ccccc1[N+](=O)[O-]. The summed E-state index contributed by atoms with van der Waals surface area (Å²) in [5.74, 6) is 0. The molecule has 1 atom stereocenters. The molecule has 0 bridgehead atoms. The lowest BCUT2D eigenvalue weighted by Gasteiger charge is -2.14. The van der Waals surface area contributed by atoms with Crippen LogP contribution in [0.4, 0.5) is 5.69 Å². The summed E-state index contributed by atoms with van der Waals surface area (Å²) in [6, 6.07) is 6.81. The minimum absolute atomic E-state index is 0.0191. The number of hydrogen-bond donors (Lipinski definition) is 2. The molecule has 1 aromatic rings. The number of unbranched alkanes of at least 4 members (excludes halogenated alkanes) is 1. The molecule has 0 heterocycles. The molecule has 0 radical (unpaired) electrons. The highest BCUT2D eigenvalue weighted by Gasteiger charge is 2.17. The van der Waals surface area contributed by atoms with E-state index in [0.717, 1.165) is 24.9 Å². The predicted octanol–water partition coefficient (Wildman–Crippen LogP) is 1.98. The van der Waals surface area contributed by atoms with Gasteiger partial charge >= 0.3 is 0 Å². The molecule has 0 fully saturated rings. The van der Waals surface area contributed by atoms with Gasteiger partial charge in [0.15, 0.2) is 0 Å². The third kappa shape index (κ3) is 4.13. The molecule has 1 rings (SSSR count). The fourth-order valence-corrected chi connectivity index (χ4v) is 1.72. The van der Waals surface area contributed by atoms with Crippen LogP contribution in [0, 0.1) is 10.1 Å². The average molecular weight is 237 g/mol. The Morgan fingerprint density at radius 1 is 1.41 bits per heavy atom. The van der Waals surface area contributed by atoms with Crippen LogP contribution in [0.5, 0.6) is 0 Å². The second-order valence-corrected chi connectivity index (χ2v) is 3.99. The molecule has 0 amide bonds. The average Bonchev–Trinajstić information content (AvgIpc) is 2.34. The highest BCUT2D eigenvalue weighted by Crippen LogP contribution is 2.24. The summed E-state index contributed by atoms with van der Waals surface area (Å²) < 4.78 is 0. The lowest BCUT2D eigenvalue weighted by atomic mass is 10.1. The molecular weight excluding hydrogens is 218 g/mol. The standard InChI is InChI=1S/C12H19N3O2/c1-10(14-9-5-4-8-13)11-6-2-3-7-12(11)15(16)17/h2-3,6-7,10,14H,4-5,8-9,13H2,1H3. The highest BCUT2D eigenvalue weighted by molar-refractivity contribution is 5.41. The van der Waals surface area contributed by atoms with E-state index in [1.54, 1.807) is 12.1 Å². The van der Waals surface area contributed by atoms with Crippen LogP contribution in [0.1, 0.15) is 31.4 Å². The summed E-state index contributed by atoms with van der Waals surface area (Å²) in [7, 11) is 0. The molecule has 5 heteroatoms. The summed E-state index contributed by atoms with van der Waals surface area (Å²) in [6.45, 7) is 3.44. The highest BCUT2D eigenvalue weighted by atomic mass is 16.6. The van der Waals surface area contributed by atoms with Crippen LogP contribution < -0.4 is 11.1 Å². The topological polar surface area (TPSA) is 81.2 Å². The molecule has 0 aliphatic heterocycles. The largest absolute Gasteiger partial charge is 0.330 e.